The zero-order chi connectivity index (χ0) is 13.7. The number of hydrogen-bond donors (Lipinski definition) is 0. The molecule has 2 heterocycles. The van der Waals surface area contributed by atoms with Crippen molar-refractivity contribution in [1.82, 2.24) is 9.97 Å². The Bertz CT molecular complexity index is 840. The van der Waals surface area contributed by atoms with Crippen molar-refractivity contribution in [3.63, 3.8) is 0 Å². The van der Waals surface area contributed by atoms with Gasteiger partial charge in [0.05, 0.1) is 0 Å². The molecule has 2 aromatic carbocycles. The van der Waals surface area contributed by atoms with E-state index in [1.807, 2.05) is 19.9 Å². The first-order valence-corrected chi connectivity index (χ1v) is 6.75. The molecule has 0 saturated heterocycles. The summed E-state index contributed by atoms with van der Waals surface area (Å²) < 4.78 is 6.00. The van der Waals surface area contributed by atoms with E-state index in [4.69, 9.17) is 4.74 Å². The van der Waals surface area contributed by atoms with Crippen LogP contribution < -0.4 is 4.74 Å². The van der Waals surface area contributed by atoms with Gasteiger partial charge in [0.1, 0.15) is 11.6 Å². The zero-order valence-corrected chi connectivity index (χ0v) is 11.5. The number of hydrogen-bond acceptors (Lipinski definition) is 3. The first-order chi connectivity index (χ1) is 9.72. The Labute approximate surface area is 117 Å². The number of aryl methyl sites for hydroxylation is 2. The Morgan fingerprint density at radius 3 is 2.70 bits per heavy atom. The Hall–Kier alpha value is -2.42. The fourth-order valence-electron chi connectivity index (χ4n) is 2.87. The van der Waals surface area contributed by atoms with Crippen molar-refractivity contribution < 1.29 is 4.74 Å². The van der Waals surface area contributed by atoms with Gasteiger partial charge < -0.3 is 4.74 Å². The molecule has 0 bridgehead atoms. The molecule has 1 aliphatic rings. The Morgan fingerprint density at radius 1 is 0.950 bits per heavy atom. The summed E-state index contributed by atoms with van der Waals surface area (Å²) in [6, 6.07) is 12.5. The highest BCUT2D eigenvalue weighted by Crippen LogP contribution is 2.39. The minimum Gasteiger partial charge on any atom is -0.438 e. The largest absolute Gasteiger partial charge is 0.438 e. The van der Waals surface area contributed by atoms with Crippen LogP contribution in [0.4, 0.5) is 0 Å². The predicted octanol–water partition coefficient (Wildman–Crippen LogP) is 3.94. The molecule has 0 atom stereocenters. The summed E-state index contributed by atoms with van der Waals surface area (Å²) in [5, 5.41) is 2.49. The average molecular weight is 262 g/mol. The molecule has 3 nitrogen and oxygen atoms in total. The van der Waals surface area contributed by atoms with Crippen LogP contribution >= 0.6 is 0 Å². The molecule has 3 heteroatoms. The zero-order valence-electron chi connectivity index (χ0n) is 11.5. The lowest BCUT2D eigenvalue weighted by Gasteiger charge is -2.22. The van der Waals surface area contributed by atoms with Crippen LogP contribution in [0.25, 0.3) is 10.8 Å². The van der Waals surface area contributed by atoms with Gasteiger partial charge in [-0.15, -0.1) is 0 Å². The van der Waals surface area contributed by atoms with E-state index in [2.05, 4.69) is 40.3 Å². The lowest BCUT2D eigenvalue weighted by molar-refractivity contribution is 0.437. The highest BCUT2D eigenvalue weighted by Gasteiger charge is 2.22. The molecular formula is C17H14N2O. The van der Waals surface area contributed by atoms with Crippen LogP contribution in [0, 0.1) is 13.8 Å². The van der Waals surface area contributed by atoms with Crippen LogP contribution in [-0.4, -0.2) is 9.97 Å². The minimum atomic E-state index is 0.706. The molecule has 98 valence electrons. The molecule has 0 saturated carbocycles. The first kappa shape index (κ1) is 11.4. The van der Waals surface area contributed by atoms with Gasteiger partial charge in [0.15, 0.2) is 0 Å². The van der Waals surface area contributed by atoms with E-state index < -0.39 is 0 Å². The smallest absolute Gasteiger partial charge is 0.226 e. The molecule has 0 aliphatic carbocycles. The fraction of sp³-hybridized carbons (Fsp3) is 0.176. The number of rotatable bonds is 0. The van der Waals surface area contributed by atoms with Gasteiger partial charge in [-0.2, -0.15) is 4.98 Å². The van der Waals surface area contributed by atoms with Gasteiger partial charge in [-0.25, -0.2) is 4.98 Å². The van der Waals surface area contributed by atoms with Gasteiger partial charge in [-0.3, -0.25) is 0 Å². The Kier molecular flexibility index (Phi) is 2.30. The minimum absolute atomic E-state index is 0.706. The molecule has 0 fully saturated rings. The molecule has 0 radical (unpaired) electrons. The van der Waals surface area contributed by atoms with Crippen molar-refractivity contribution in [3.05, 3.63) is 59.0 Å². The molecular weight excluding hydrogens is 248 g/mol. The molecule has 1 aromatic heterocycles. The van der Waals surface area contributed by atoms with Gasteiger partial charge in [-0.1, -0.05) is 30.3 Å². The van der Waals surface area contributed by atoms with Gasteiger partial charge in [0.25, 0.3) is 0 Å². The maximum Gasteiger partial charge on any atom is 0.226 e. The molecule has 0 N–H and O–H groups in total. The molecule has 4 rings (SSSR count). The van der Waals surface area contributed by atoms with Crippen molar-refractivity contribution in [2.75, 3.05) is 0 Å². The van der Waals surface area contributed by atoms with E-state index in [9.17, 15) is 0 Å². The number of fused-ring (bicyclic) bond motifs is 4. The highest BCUT2D eigenvalue weighted by atomic mass is 16.5. The van der Waals surface area contributed by atoms with Crippen molar-refractivity contribution in [1.29, 1.82) is 0 Å². The Morgan fingerprint density at radius 2 is 1.80 bits per heavy atom. The van der Waals surface area contributed by atoms with E-state index in [-0.39, 0.29) is 0 Å². The van der Waals surface area contributed by atoms with Crippen LogP contribution in [0.2, 0.25) is 0 Å². The van der Waals surface area contributed by atoms with Crippen molar-refractivity contribution in [3.8, 4) is 11.6 Å². The van der Waals surface area contributed by atoms with Crippen LogP contribution in [0.3, 0.4) is 0 Å². The maximum absolute atomic E-state index is 6.00. The summed E-state index contributed by atoms with van der Waals surface area (Å²) in [5.74, 6) is 2.37. The summed E-state index contributed by atoms with van der Waals surface area (Å²) in [6.07, 6.45) is 0.831. The van der Waals surface area contributed by atoms with Crippen molar-refractivity contribution >= 4 is 10.8 Å². The van der Waals surface area contributed by atoms with Gasteiger partial charge in [0.2, 0.25) is 5.88 Å². The second-order valence-corrected chi connectivity index (χ2v) is 5.18. The van der Waals surface area contributed by atoms with Crippen molar-refractivity contribution in [2.24, 2.45) is 0 Å². The summed E-state index contributed by atoms with van der Waals surface area (Å²) in [4.78, 5) is 8.87. The van der Waals surface area contributed by atoms with Crippen LogP contribution in [0.1, 0.15) is 22.6 Å². The van der Waals surface area contributed by atoms with Crippen LogP contribution in [0.5, 0.6) is 11.6 Å². The number of benzene rings is 2. The number of ether oxygens (including phenoxy) is 1. The SMILES string of the molecule is Cc1nc(C)c2c(n1)Oc1ccc3ccccc3c1C2. The van der Waals surface area contributed by atoms with E-state index >= 15 is 0 Å². The maximum atomic E-state index is 6.00. The van der Waals surface area contributed by atoms with E-state index in [1.54, 1.807) is 0 Å². The second-order valence-electron chi connectivity index (χ2n) is 5.18. The third kappa shape index (κ3) is 1.59. The third-order valence-corrected chi connectivity index (χ3v) is 3.85. The highest BCUT2D eigenvalue weighted by molar-refractivity contribution is 5.88. The molecule has 1 aliphatic heterocycles. The van der Waals surface area contributed by atoms with Crippen LogP contribution in [0.15, 0.2) is 36.4 Å². The van der Waals surface area contributed by atoms with E-state index in [0.717, 1.165) is 29.3 Å². The lowest BCUT2D eigenvalue weighted by Crippen LogP contribution is -2.09. The topological polar surface area (TPSA) is 35.0 Å². The fourth-order valence-corrected chi connectivity index (χ4v) is 2.87. The van der Waals surface area contributed by atoms with Gasteiger partial charge in [-0.05, 0) is 30.7 Å². The number of nitrogens with zero attached hydrogens (tertiary/aromatic N) is 2. The molecule has 0 amide bonds. The van der Waals surface area contributed by atoms with E-state index in [1.165, 1.54) is 16.3 Å². The van der Waals surface area contributed by atoms with Gasteiger partial charge >= 0.3 is 0 Å². The first-order valence-electron chi connectivity index (χ1n) is 6.75. The summed E-state index contributed by atoms with van der Waals surface area (Å²) in [6.45, 7) is 3.92. The van der Waals surface area contributed by atoms with Gasteiger partial charge in [0, 0.05) is 23.2 Å². The third-order valence-electron chi connectivity index (χ3n) is 3.85. The quantitative estimate of drug-likeness (QED) is 0.481. The summed E-state index contributed by atoms with van der Waals surface area (Å²) in [7, 11) is 0. The normalized spacial score (nSPS) is 12.7. The van der Waals surface area contributed by atoms with E-state index in [0.29, 0.717) is 5.88 Å². The monoisotopic (exact) mass is 262 g/mol. The summed E-state index contributed by atoms with van der Waals surface area (Å²) in [5.41, 5.74) is 3.33. The van der Waals surface area contributed by atoms with Crippen molar-refractivity contribution in [2.45, 2.75) is 20.3 Å². The molecule has 0 spiro atoms. The Balaban J connectivity index is 1.96. The standard InChI is InChI=1S/C17H14N2O/c1-10-14-9-15-13-6-4-3-5-12(13)7-8-16(15)20-17(14)19-11(2)18-10/h3-8H,9H2,1-2H3. The average Bonchev–Trinajstić information content (AvgIpc) is 2.45. The molecule has 20 heavy (non-hydrogen) atoms. The number of aromatic nitrogens is 2. The molecule has 0 unspecified atom stereocenters. The lowest BCUT2D eigenvalue weighted by atomic mass is 9.95. The summed E-state index contributed by atoms with van der Waals surface area (Å²) >= 11 is 0. The second kappa shape index (κ2) is 4.04. The molecule has 3 aromatic rings. The van der Waals surface area contributed by atoms with Crippen LogP contribution in [-0.2, 0) is 6.42 Å². The predicted molar refractivity (Wildman–Crippen MR) is 78.3 cm³/mol.